The second kappa shape index (κ2) is 5.77. The first-order chi connectivity index (χ1) is 11.1. The summed E-state index contributed by atoms with van der Waals surface area (Å²) in [5, 5.41) is 0.0463. The summed E-state index contributed by atoms with van der Waals surface area (Å²) in [4.78, 5) is 37.7. The van der Waals surface area contributed by atoms with Crippen LogP contribution in [-0.2, 0) is 25.8 Å². The highest BCUT2D eigenvalue weighted by atomic mass is 35.5. The van der Waals surface area contributed by atoms with Gasteiger partial charge in [-0.3, -0.25) is 14.4 Å². The molecule has 5 nitrogen and oxygen atoms in total. The van der Waals surface area contributed by atoms with E-state index in [9.17, 15) is 22.8 Å². The summed E-state index contributed by atoms with van der Waals surface area (Å²) in [5.74, 6) is -3.49. The molecule has 2 atom stereocenters. The summed E-state index contributed by atoms with van der Waals surface area (Å²) < 4.78 is 23.9. The van der Waals surface area contributed by atoms with Crippen LogP contribution in [0.2, 0.25) is 5.02 Å². The smallest absolute Gasteiger partial charge is 0.182 e. The summed E-state index contributed by atoms with van der Waals surface area (Å²) in [6.07, 6.45) is 0.675. The van der Waals surface area contributed by atoms with E-state index in [1.165, 1.54) is 12.1 Å². The van der Waals surface area contributed by atoms with E-state index in [0.717, 1.165) is 0 Å². The third-order valence-electron chi connectivity index (χ3n) is 4.93. The molecule has 1 fully saturated rings. The zero-order valence-corrected chi connectivity index (χ0v) is 14.9. The maximum Gasteiger partial charge on any atom is 0.182 e. The lowest BCUT2D eigenvalue weighted by atomic mass is 9.72. The van der Waals surface area contributed by atoms with Gasteiger partial charge in [-0.25, -0.2) is 8.42 Å². The molecule has 128 valence electrons. The number of ketones is 3. The van der Waals surface area contributed by atoms with E-state index in [0.29, 0.717) is 12.0 Å². The van der Waals surface area contributed by atoms with Crippen LogP contribution < -0.4 is 0 Å². The Morgan fingerprint density at radius 3 is 2.29 bits per heavy atom. The predicted octanol–water partition coefficient (Wildman–Crippen LogP) is 2.28. The molecule has 0 spiro atoms. The lowest BCUT2D eigenvalue weighted by Crippen LogP contribution is -2.43. The van der Waals surface area contributed by atoms with E-state index in [2.05, 4.69) is 0 Å². The highest BCUT2D eigenvalue weighted by Crippen LogP contribution is 2.37. The summed E-state index contributed by atoms with van der Waals surface area (Å²) in [5.41, 5.74) is 0.458. The Hall–Kier alpha value is -1.53. The third kappa shape index (κ3) is 2.52. The molecule has 24 heavy (non-hydrogen) atoms. The molecule has 2 aliphatic rings. The van der Waals surface area contributed by atoms with Crippen LogP contribution in [0.5, 0.6) is 0 Å². The van der Waals surface area contributed by atoms with Crippen LogP contribution >= 0.6 is 11.6 Å². The van der Waals surface area contributed by atoms with Crippen LogP contribution in [0.1, 0.15) is 36.2 Å². The van der Waals surface area contributed by atoms with Crippen molar-refractivity contribution >= 4 is 38.8 Å². The number of rotatable bonds is 2. The van der Waals surface area contributed by atoms with Crippen molar-refractivity contribution in [2.45, 2.75) is 31.6 Å². The fourth-order valence-electron chi connectivity index (χ4n) is 3.55. The van der Waals surface area contributed by atoms with Gasteiger partial charge in [0.2, 0.25) is 0 Å². The largest absolute Gasteiger partial charge is 0.298 e. The molecule has 0 saturated heterocycles. The van der Waals surface area contributed by atoms with Crippen molar-refractivity contribution in [1.82, 2.24) is 0 Å². The second-order valence-corrected chi connectivity index (χ2v) is 9.07. The number of hydrogen-bond acceptors (Lipinski definition) is 5. The Bertz CT molecular complexity index is 851. The van der Waals surface area contributed by atoms with Crippen molar-refractivity contribution in [2.24, 2.45) is 17.8 Å². The van der Waals surface area contributed by atoms with Gasteiger partial charge >= 0.3 is 0 Å². The van der Waals surface area contributed by atoms with Crippen molar-refractivity contribution in [3.8, 4) is 0 Å². The molecule has 0 amide bonds. The number of carbonyl (C=O) groups excluding carboxylic acids is 3. The van der Waals surface area contributed by atoms with Crippen molar-refractivity contribution < 1.29 is 22.8 Å². The predicted molar refractivity (Wildman–Crippen MR) is 88.0 cm³/mol. The van der Waals surface area contributed by atoms with E-state index in [4.69, 9.17) is 11.6 Å². The average Bonchev–Trinajstić information content (AvgIpc) is 2.82. The van der Waals surface area contributed by atoms with Crippen LogP contribution in [0, 0.1) is 17.8 Å². The normalized spacial score (nSPS) is 28.7. The number of carbonyl (C=O) groups is 3. The molecular formula is C17H17ClO5S. The van der Waals surface area contributed by atoms with Crippen molar-refractivity contribution in [1.29, 1.82) is 0 Å². The third-order valence-corrected chi connectivity index (χ3v) is 7.16. The first kappa shape index (κ1) is 17.3. The molecule has 0 aromatic heterocycles. The fourth-order valence-corrected chi connectivity index (χ4v) is 5.51. The van der Waals surface area contributed by atoms with E-state index in [1.807, 2.05) is 0 Å². The number of halogens is 1. The summed E-state index contributed by atoms with van der Waals surface area (Å²) in [6, 6.07) is 2.66. The van der Waals surface area contributed by atoms with Gasteiger partial charge in [-0.1, -0.05) is 25.4 Å². The fraction of sp³-hybridized carbons (Fsp3) is 0.471. The Kier molecular flexibility index (Phi) is 4.16. The molecule has 0 bridgehead atoms. The second-order valence-electron chi connectivity index (χ2n) is 6.61. The van der Waals surface area contributed by atoms with Crippen LogP contribution in [0.3, 0.4) is 0 Å². The molecule has 3 rings (SSSR count). The molecule has 2 unspecified atom stereocenters. The number of Topliss-reactive ketones (excluding diaryl/α,β-unsaturated/α-hetero) is 3. The van der Waals surface area contributed by atoms with Crippen molar-refractivity contribution in [3.05, 3.63) is 28.3 Å². The lowest BCUT2D eigenvalue weighted by molar-refractivity contribution is -0.139. The standard InChI is InChI=1S/C17H17ClO5S/c1-8-7-9(2)16(20)13(15(8)19)17(21)11-3-4-12-10(14(11)18)5-6-24(12,22)23/h3-4,8-9,13H,5-7H2,1-2H3. The van der Waals surface area contributed by atoms with E-state index in [1.54, 1.807) is 13.8 Å². The monoisotopic (exact) mass is 368 g/mol. The Morgan fingerprint density at radius 1 is 1.12 bits per heavy atom. The van der Waals surface area contributed by atoms with Gasteiger partial charge in [0.05, 0.1) is 15.7 Å². The van der Waals surface area contributed by atoms with Gasteiger partial charge in [0.15, 0.2) is 27.2 Å². The first-order valence-corrected chi connectivity index (χ1v) is 9.84. The summed E-state index contributed by atoms with van der Waals surface area (Å²) >= 11 is 6.26. The van der Waals surface area contributed by atoms with Crippen LogP contribution in [0.15, 0.2) is 17.0 Å². The molecule has 1 aliphatic heterocycles. The van der Waals surface area contributed by atoms with Gasteiger partial charge in [-0.2, -0.15) is 0 Å². The Balaban J connectivity index is 2.05. The number of fused-ring (bicyclic) bond motifs is 1. The lowest BCUT2D eigenvalue weighted by Gasteiger charge is -2.28. The summed E-state index contributed by atoms with van der Waals surface area (Å²) in [7, 11) is -3.36. The number of hydrogen-bond donors (Lipinski definition) is 0. The summed E-state index contributed by atoms with van der Waals surface area (Å²) in [6.45, 7) is 3.42. The maximum absolute atomic E-state index is 12.8. The van der Waals surface area contributed by atoms with Gasteiger partial charge in [-0.05, 0) is 30.5 Å². The zero-order chi connectivity index (χ0) is 17.8. The minimum atomic E-state index is -3.36. The Morgan fingerprint density at radius 2 is 1.71 bits per heavy atom. The highest BCUT2D eigenvalue weighted by Gasteiger charge is 2.44. The quantitative estimate of drug-likeness (QED) is 0.590. The van der Waals surface area contributed by atoms with Gasteiger partial charge < -0.3 is 0 Å². The Labute approximate surface area is 145 Å². The van der Waals surface area contributed by atoms with Crippen LogP contribution in [-0.4, -0.2) is 31.5 Å². The molecule has 0 radical (unpaired) electrons. The molecule has 1 heterocycles. The van der Waals surface area contributed by atoms with Gasteiger partial charge in [0.1, 0.15) is 5.92 Å². The van der Waals surface area contributed by atoms with Crippen LogP contribution in [0.25, 0.3) is 0 Å². The maximum atomic E-state index is 12.8. The zero-order valence-electron chi connectivity index (χ0n) is 13.3. The molecule has 1 aliphatic carbocycles. The van der Waals surface area contributed by atoms with E-state index >= 15 is 0 Å². The minimum absolute atomic E-state index is 0.0463. The molecule has 7 heteroatoms. The molecular weight excluding hydrogens is 352 g/mol. The highest BCUT2D eigenvalue weighted by molar-refractivity contribution is 7.91. The van der Waals surface area contributed by atoms with Gasteiger partial charge in [0, 0.05) is 17.4 Å². The van der Waals surface area contributed by atoms with E-state index < -0.39 is 21.5 Å². The molecule has 1 saturated carbocycles. The van der Waals surface area contributed by atoms with Crippen LogP contribution in [0.4, 0.5) is 0 Å². The molecule has 0 N–H and O–H groups in total. The van der Waals surface area contributed by atoms with E-state index in [-0.39, 0.29) is 51.1 Å². The van der Waals surface area contributed by atoms with Gasteiger partial charge in [0.25, 0.3) is 0 Å². The van der Waals surface area contributed by atoms with Crippen molar-refractivity contribution in [3.63, 3.8) is 0 Å². The number of benzene rings is 1. The minimum Gasteiger partial charge on any atom is -0.298 e. The van der Waals surface area contributed by atoms with Crippen molar-refractivity contribution in [2.75, 3.05) is 5.75 Å². The average molecular weight is 369 g/mol. The molecule has 1 aromatic rings. The first-order valence-electron chi connectivity index (χ1n) is 7.81. The van der Waals surface area contributed by atoms with Gasteiger partial charge in [-0.15, -0.1) is 0 Å². The topological polar surface area (TPSA) is 85.3 Å². The molecule has 1 aromatic carbocycles. The number of sulfone groups is 1. The SMILES string of the molecule is CC1CC(C)C(=O)C(C(=O)c2ccc3c(c2Cl)CCS3(=O)=O)C1=O.